The number of aliphatic hydroxyl groups is 2. The van der Waals surface area contributed by atoms with Crippen LogP contribution in [0.25, 0.3) is 0 Å². The number of anilines is 3. The lowest BCUT2D eigenvalue weighted by molar-refractivity contribution is -0.245. The largest absolute Gasteiger partial charge is 0.451 e. The Morgan fingerprint density at radius 2 is 1.79 bits per heavy atom. The molecule has 222 valence electrons. The van der Waals surface area contributed by atoms with Crippen molar-refractivity contribution in [2.24, 2.45) is 0 Å². The molecule has 1 aliphatic rings. The van der Waals surface area contributed by atoms with E-state index in [4.69, 9.17) is 4.74 Å². The molecular weight excluding hydrogens is 561 g/mol. The average Bonchev–Trinajstić information content (AvgIpc) is 3.17. The first-order chi connectivity index (χ1) is 19.6. The highest BCUT2D eigenvalue weighted by Gasteiger charge is 2.56. The topological polar surface area (TPSA) is 175 Å². The van der Waals surface area contributed by atoms with Crippen LogP contribution in [0.5, 0.6) is 0 Å². The number of aliphatic hydroxyl groups excluding tert-OH is 1. The van der Waals surface area contributed by atoms with E-state index in [9.17, 15) is 37.8 Å². The monoisotopic (exact) mass is 588 g/mol. The first-order valence-corrected chi connectivity index (χ1v) is 12.5. The average molecular weight is 589 g/mol. The molecule has 1 unspecified atom stereocenters. The third kappa shape index (κ3) is 6.11. The van der Waals surface area contributed by atoms with E-state index in [0.717, 1.165) is 6.20 Å². The van der Waals surface area contributed by atoms with Gasteiger partial charge in [-0.1, -0.05) is 30.3 Å². The van der Waals surface area contributed by atoms with E-state index in [-0.39, 0.29) is 24.3 Å². The van der Waals surface area contributed by atoms with Crippen molar-refractivity contribution in [3.63, 3.8) is 0 Å². The Labute approximate surface area is 237 Å². The van der Waals surface area contributed by atoms with Crippen LogP contribution in [0.4, 0.5) is 30.6 Å². The number of alkyl halides is 3. The van der Waals surface area contributed by atoms with Gasteiger partial charge < -0.3 is 25.6 Å². The van der Waals surface area contributed by atoms with Crippen LogP contribution in [0.1, 0.15) is 58.7 Å². The van der Waals surface area contributed by atoms with E-state index in [2.05, 4.69) is 20.6 Å². The standard InChI is InChI=1S/C27H27F3N6O6/c1-25(2)18-11-15(9-10-16(18)22(39)42-25)32-24-31-12-17(21(38)35-36-23(40)26(3,41)27(28,29)30)20(34-24)33-19(13-37)14-7-5-4-6-8-14/h4-12,19,37,41H,13H2,1-3H3,(H,35,38)(H,36,40)(H2,31,32,33,34)/t19-,26?/m1/s1. The minimum Gasteiger partial charge on any atom is -0.451 e. The highest BCUT2D eigenvalue weighted by atomic mass is 19.4. The van der Waals surface area contributed by atoms with Gasteiger partial charge in [0.15, 0.2) is 0 Å². The number of hydrogen-bond acceptors (Lipinski definition) is 10. The van der Waals surface area contributed by atoms with E-state index < -0.39 is 47.8 Å². The quantitative estimate of drug-likeness (QED) is 0.170. The molecule has 0 fully saturated rings. The van der Waals surface area contributed by atoms with Crippen LogP contribution in [0.3, 0.4) is 0 Å². The van der Waals surface area contributed by atoms with Gasteiger partial charge in [-0.05, 0) is 44.5 Å². The maximum Gasteiger partial charge on any atom is 0.426 e. The van der Waals surface area contributed by atoms with Gasteiger partial charge in [-0.15, -0.1) is 0 Å². The summed E-state index contributed by atoms with van der Waals surface area (Å²) < 4.78 is 44.3. The Morgan fingerprint density at radius 1 is 1.10 bits per heavy atom. The molecule has 0 saturated heterocycles. The first kappa shape index (κ1) is 30.2. The van der Waals surface area contributed by atoms with Crippen LogP contribution < -0.4 is 21.5 Å². The summed E-state index contributed by atoms with van der Waals surface area (Å²) in [4.78, 5) is 45.4. The highest BCUT2D eigenvalue weighted by molar-refractivity contribution is 6.00. The molecule has 1 aromatic heterocycles. The van der Waals surface area contributed by atoms with Crippen LogP contribution in [-0.4, -0.2) is 56.3 Å². The van der Waals surface area contributed by atoms with Gasteiger partial charge in [0.1, 0.15) is 17.0 Å². The summed E-state index contributed by atoms with van der Waals surface area (Å²) in [5, 5.41) is 25.4. The number of halogens is 3. The lowest BCUT2D eigenvalue weighted by Gasteiger charge is -2.25. The van der Waals surface area contributed by atoms with Gasteiger partial charge in [0, 0.05) is 17.4 Å². The Balaban J connectivity index is 1.63. The maximum absolute atomic E-state index is 13.0. The number of carbonyl (C=O) groups excluding carboxylic acids is 3. The number of aromatic nitrogens is 2. The summed E-state index contributed by atoms with van der Waals surface area (Å²) in [6, 6.07) is 12.7. The molecule has 2 atom stereocenters. The van der Waals surface area contributed by atoms with E-state index in [1.165, 1.54) is 0 Å². The summed E-state index contributed by atoms with van der Waals surface area (Å²) in [5.41, 5.74) is 0.536. The van der Waals surface area contributed by atoms with Crippen LogP contribution >= 0.6 is 0 Å². The van der Waals surface area contributed by atoms with E-state index >= 15 is 0 Å². The van der Waals surface area contributed by atoms with E-state index in [1.54, 1.807) is 67.8 Å². The van der Waals surface area contributed by atoms with Crippen molar-refractivity contribution in [2.75, 3.05) is 17.2 Å². The fourth-order valence-electron chi connectivity index (χ4n) is 4.00. The summed E-state index contributed by atoms with van der Waals surface area (Å²) in [7, 11) is 0. The minimum absolute atomic E-state index is 0.0224. The smallest absolute Gasteiger partial charge is 0.426 e. The molecule has 12 nitrogen and oxygen atoms in total. The second kappa shape index (κ2) is 11.3. The minimum atomic E-state index is -5.30. The van der Waals surface area contributed by atoms with Crippen molar-refractivity contribution in [3.05, 3.63) is 77.0 Å². The van der Waals surface area contributed by atoms with E-state index in [1.807, 2.05) is 5.43 Å². The lowest BCUT2D eigenvalue weighted by atomic mass is 9.95. The second-order valence-corrected chi connectivity index (χ2v) is 10.0. The Bertz CT molecular complexity index is 1510. The van der Waals surface area contributed by atoms with Crippen molar-refractivity contribution in [3.8, 4) is 0 Å². The predicted octanol–water partition coefficient (Wildman–Crippen LogP) is 2.85. The SMILES string of the molecule is CC1(C)OC(=O)c2ccc(Nc3ncc(C(=O)NNC(=O)C(C)(O)C(F)(F)F)c(N[C@H](CO)c4ccccc4)n3)cc21. The molecule has 0 radical (unpaired) electrons. The van der Waals surface area contributed by atoms with Gasteiger partial charge in [0.05, 0.1) is 18.2 Å². The number of esters is 1. The fourth-order valence-corrected chi connectivity index (χ4v) is 4.00. The molecule has 2 aromatic carbocycles. The second-order valence-electron chi connectivity index (χ2n) is 10.0. The molecular formula is C27H27F3N6O6. The molecule has 3 aromatic rings. The zero-order chi connectivity index (χ0) is 30.9. The molecule has 6 N–H and O–H groups in total. The number of nitrogens with zero attached hydrogens (tertiary/aromatic N) is 2. The summed E-state index contributed by atoms with van der Waals surface area (Å²) in [5.74, 6) is -3.67. The van der Waals surface area contributed by atoms with Gasteiger partial charge in [0.2, 0.25) is 11.5 Å². The number of carbonyl (C=O) groups is 3. The molecule has 15 heteroatoms. The number of hydrogen-bond donors (Lipinski definition) is 6. The number of nitrogens with one attached hydrogen (secondary N) is 4. The zero-order valence-corrected chi connectivity index (χ0v) is 22.5. The van der Waals surface area contributed by atoms with Crippen molar-refractivity contribution < 1.29 is 42.5 Å². The number of rotatable bonds is 8. The Hall–Kier alpha value is -4.76. The molecule has 2 heterocycles. The third-order valence-electron chi connectivity index (χ3n) is 6.50. The number of hydrazine groups is 1. The molecule has 1 aliphatic heterocycles. The number of amides is 2. The highest BCUT2D eigenvalue weighted by Crippen LogP contribution is 2.37. The van der Waals surface area contributed by atoms with Crippen LogP contribution in [0.2, 0.25) is 0 Å². The molecule has 0 spiro atoms. The number of benzene rings is 2. The fraction of sp³-hybridized carbons (Fsp3) is 0.296. The molecule has 42 heavy (non-hydrogen) atoms. The summed E-state index contributed by atoms with van der Waals surface area (Å²) >= 11 is 0. The van der Waals surface area contributed by atoms with Gasteiger partial charge in [-0.2, -0.15) is 18.2 Å². The van der Waals surface area contributed by atoms with Gasteiger partial charge >= 0.3 is 12.1 Å². The van der Waals surface area contributed by atoms with Gasteiger partial charge in [-0.3, -0.25) is 20.4 Å². The summed E-state index contributed by atoms with van der Waals surface area (Å²) in [6.45, 7) is 3.27. The molecule has 0 bridgehead atoms. The van der Waals surface area contributed by atoms with Crippen molar-refractivity contribution in [1.29, 1.82) is 0 Å². The van der Waals surface area contributed by atoms with Crippen LogP contribution in [0, 0.1) is 0 Å². The molecule has 0 aliphatic carbocycles. The van der Waals surface area contributed by atoms with Crippen molar-refractivity contribution >= 4 is 35.2 Å². The first-order valence-electron chi connectivity index (χ1n) is 12.5. The van der Waals surface area contributed by atoms with Crippen molar-refractivity contribution in [1.82, 2.24) is 20.8 Å². The van der Waals surface area contributed by atoms with E-state index in [0.29, 0.717) is 22.4 Å². The lowest BCUT2D eigenvalue weighted by Crippen LogP contribution is -2.58. The normalized spacial score (nSPS) is 16.0. The number of fused-ring (bicyclic) bond motifs is 1. The van der Waals surface area contributed by atoms with Gasteiger partial charge in [0.25, 0.3) is 11.8 Å². The van der Waals surface area contributed by atoms with Crippen molar-refractivity contribution in [2.45, 2.75) is 44.2 Å². The zero-order valence-electron chi connectivity index (χ0n) is 22.5. The number of ether oxygens (including phenoxy) is 1. The predicted molar refractivity (Wildman–Crippen MR) is 142 cm³/mol. The molecule has 0 saturated carbocycles. The Kier molecular flexibility index (Phi) is 8.09. The molecule has 4 rings (SSSR count). The number of cyclic esters (lactones) is 1. The summed E-state index contributed by atoms with van der Waals surface area (Å²) in [6.07, 6.45) is -4.26. The maximum atomic E-state index is 13.0. The van der Waals surface area contributed by atoms with Gasteiger partial charge in [-0.25, -0.2) is 9.78 Å². The van der Waals surface area contributed by atoms with Crippen LogP contribution in [0.15, 0.2) is 54.7 Å². The Morgan fingerprint density at radius 3 is 2.43 bits per heavy atom. The van der Waals surface area contributed by atoms with Crippen LogP contribution in [-0.2, 0) is 15.1 Å². The third-order valence-corrected chi connectivity index (χ3v) is 6.50. The molecule has 2 amide bonds.